The van der Waals surface area contributed by atoms with Gasteiger partial charge in [-0.3, -0.25) is 9.69 Å². The van der Waals surface area contributed by atoms with Gasteiger partial charge in [-0.1, -0.05) is 49.4 Å². The second kappa shape index (κ2) is 7.76. The monoisotopic (exact) mass is 296 g/mol. The van der Waals surface area contributed by atoms with Gasteiger partial charge in [-0.05, 0) is 43.7 Å². The van der Waals surface area contributed by atoms with Crippen LogP contribution in [0.15, 0.2) is 54.6 Å². The Kier molecular flexibility index (Phi) is 5.73. The molecule has 1 unspecified atom stereocenters. The van der Waals surface area contributed by atoms with Crippen molar-refractivity contribution in [2.45, 2.75) is 32.9 Å². The predicted molar refractivity (Wildman–Crippen MR) is 91.8 cm³/mol. The number of aryl methyl sites for hydroxylation is 1. The first-order valence-electron chi connectivity index (χ1n) is 7.74. The Morgan fingerprint density at radius 1 is 1.05 bits per heavy atom. The third kappa shape index (κ3) is 4.43. The van der Waals surface area contributed by atoms with Crippen molar-refractivity contribution in [3.05, 3.63) is 65.7 Å². The van der Waals surface area contributed by atoms with Crippen LogP contribution in [-0.2, 0) is 17.8 Å². The molecule has 3 nitrogen and oxygen atoms in total. The number of amides is 1. The summed E-state index contributed by atoms with van der Waals surface area (Å²) in [5.41, 5.74) is 3.39. The van der Waals surface area contributed by atoms with Gasteiger partial charge in [0.2, 0.25) is 5.91 Å². The highest BCUT2D eigenvalue weighted by molar-refractivity contribution is 5.94. The van der Waals surface area contributed by atoms with Crippen molar-refractivity contribution >= 4 is 11.6 Å². The molecule has 0 aliphatic carbocycles. The van der Waals surface area contributed by atoms with Crippen molar-refractivity contribution in [3.63, 3.8) is 0 Å². The van der Waals surface area contributed by atoms with E-state index in [0.717, 1.165) is 18.7 Å². The van der Waals surface area contributed by atoms with Gasteiger partial charge in [0.05, 0.1) is 6.04 Å². The number of anilines is 1. The van der Waals surface area contributed by atoms with E-state index in [4.69, 9.17) is 0 Å². The minimum absolute atomic E-state index is 0.0129. The second-order valence-corrected chi connectivity index (χ2v) is 5.62. The number of hydrogen-bond donors (Lipinski definition) is 1. The summed E-state index contributed by atoms with van der Waals surface area (Å²) in [5.74, 6) is 0.0129. The maximum absolute atomic E-state index is 12.3. The predicted octanol–water partition coefficient (Wildman–Crippen LogP) is 3.71. The fraction of sp³-hybridized carbons (Fsp3) is 0.316. The van der Waals surface area contributed by atoms with Crippen molar-refractivity contribution in [3.8, 4) is 0 Å². The SMILES string of the molecule is CCc1ccc(CN(C)C(C)C(=O)Nc2ccccc2)cc1. The van der Waals surface area contributed by atoms with E-state index < -0.39 is 0 Å². The molecule has 0 radical (unpaired) electrons. The van der Waals surface area contributed by atoms with Gasteiger partial charge < -0.3 is 5.32 Å². The number of rotatable bonds is 6. The van der Waals surface area contributed by atoms with Gasteiger partial charge in [-0.15, -0.1) is 0 Å². The molecule has 0 aromatic heterocycles. The topological polar surface area (TPSA) is 32.3 Å². The zero-order chi connectivity index (χ0) is 15.9. The van der Waals surface area contributed by atoms with Crippen LogP contribution in [0, 0.1) is 0 Å². The van der Waals surface area contributed by atoms with E-state index in [2.05, 4.69) is 41.4 Å². The van der Waals surface area contributed by atoms with E-state index in [1.807, 2.05) is 44.3 Å². The van der Waals surface area contributed by atoms with Gasteiger partial charge in [0, 0.05) is 12.2 Å². The summed E-state index contributed by atoms with van der Waals surface area (Å²) < 4.78 is 0. The standard InChI is InChI=1S/C19H24N2O/c1-4-16-10-12-17(13-11-16)14-21(3)15(2)19(22)20-18-8-6-5-7-9-18/h5-13,15H,4,14H2,1-3H3,(H,20,22). The van der Waals surface area contributed by atoms with Crippen LogP contribution in [0.3, 0.4) is 0 Å². The van der Waals surface area contributed by atoms with E-state index in [-0.39, 0.29) is 11.9 Å². The second-order valence-electron chi connectivity index (χ2n) is 5.62. The number of likely N-dealkylation sites (N-methyl/N-ethyl adjacent to an activating group) is 1. The number of carbonyl (C=O) groups is 1. The first-order valence-corrected chi connectivity index (χ1v) is 7.74. The summed E-state index contributed by atoms with van der Waals surface area (Å²) in [5, 5.41) is 2.95. The van der Waals surface area contributed by atoms with Gasteiger partial charge in [-0.2, -0.15) is 0 Å². The van der Waals surface area contributed by atoms with Gasteiger partial charge in [0.25, 0.3) is 0 Å². The van der Waals surface area contributed by atoms with Crippen LogP contribution < -0.4 is 5.32 Å². The van der Waals surface area contributed by atoms with E-state index in [0.29, 0.717) is 0 Å². The van der Waals surface area contributed by atoms with Crippen LogP contribution in [-0.4, -0.2) is 23.9 Å². The van der Waals surface area contributed by atoms with Crippen LogP contribution in [0.5, 0.6) is 0 Å². The van der Waals surface area contributed by atoms with Gasteiger partial charge >= 0.3 is 0 Å². The van der Waals surface area contributed by atoms with Crippen LogP contribution in [0.2, 0.25) is 0 Å². The molecule has 1 amide bonds. The molecule has 1 N–H and O–H groups in total. The molecule has 3 heteroatoms. The molecule has 0 aliphatic heterocycles. The van der Waals surface area contributed by atoms with E-state index in [1.54, 1.807) is 0 Å². The van der Waals surface area contributed by atoms with E-state index in [1.165, 1.54) is 11.1 Å². The Hall–Kier alpha value is -2.13. The molecular formula is C19H24N2O. The molecule has 0 spiro atoms. The Bertz CT molecular complexity index is 593. The smallest absolute Gasteiger partial charge is 0.241 e. The van der Waals surface area contributed by atoms with Crippen LogP contribution in [0.25, 0.3) is 0 Å². The summed E-state index contributed by atoms with van der Waals surface area (Å²) in [6, 6.07) is 17.9. The lowest BCUT2D eigenvalue weighted by molar-refractivity contribution is -0.120. The normalized spacial score (nSPS) is 12.2. The third-order valence-electron chi connectivity index (χ3n) is 3.95. The summed E-state index contributed by atoms with van der Waals surface area (Å²) in [7, 11) is 1.98. The average molecular weight is 296 g/mol. The number of nitrogens with one attached hydrogen (secondary N) is 1. The van der Waals surface area contributed by atoms with Gasteiger partial charge in [-0.25, -0.2) is 0 Å². The molecule has 0 fully saturated rings. The molecule has 2 aromatic rings. The summed E-state index contributed by atoms with van der Waals surface area (Å²) in [6.45, 7) is 4.84. The van der Waals surface area contributed by atoms with Crippen molar-refractivity contribution in [2.75, 3.05) is 12.4 Å². The first-order chi connectivity index (χ1) is 10.6. The fourth-order valence-corrected chi connectivity index (χ4v) is 2.27. The lowest BCUT2D eigenvalue weighted by atomic mass is 10.1. The maximum atomic E-state index is 12.3. The zero-order valence-electron chi connectivity index (χ0n) is 13.5. The van der Waals surface area contributed by atoms with Crippen molar-refractivity contribution in [2.24, 2.45) is 0 Å². The van der Waals surface area contributed by atoms with E-state index in [9.17, 15) is 4.79 Å². The number of benzene rings is 2. The molecule has 1 atom stereocenters. The Morgan fingerprint density at radius 2 is 1.64 bits per heavy atom. The van der Waals surface area contributed by atoms with Crippen LogP contribution in [0.1, 0.15) is 25.0 Å². The molecule has 0 aliphatic rings. The number of nitrogens with zero attached hydrogens (tertiary/aromatic N) is 1. The molecule has 0 bridgehead atoms. The van der Waals surface area contributed by atoms with Crippen molar-refractivity contribution in [1.82, 2.24) is 4.90 Å². The summed E-state index contributed by atoms with van der Waals surface area (Å²) in [4.78, 5) is 14.3. The van der Waals surface area contributed by atoms with Crippen molar-refractivity contribution < 1.29 is 4.79 Å². The quantitative estimate of drug-likeness (QED) is 0.881. The third-order valence-corrected chi connectivity index (χ3v) is 3.95. The number of carbonyl (C=O) groups excluding carboxylic acids is 1. The molecule has 22 heavy (non-hydrogen) atoms. The Balaban J connectivity index is 1.92. The highest BCUT2D eigenvalue weighted by atomic mass is 16.2. The molecule has 2 aromatic carbocycles. The average Bonchev–Trinajstić information content (AvgIpc) is 2.55. The minimum Gasteiger partial charge on any atom is -0.325 e. The summed E-state index contributed by atoms with van der Waals surface area (Å²) >= 11 is 0. The van der Waals surface area contributed by atoms with Gasteiger partial charge in [0.15, 0.2) is 0 Å². The lowest BCUT2D eigenvalue weighted by Gasteiger charge is -2.24. The van der Waals surface area contributed by atoms with Crippen LogP contribution >= 0.6 is 0 Å². The molecule has 2 rings (SSSR count). The molecule has 0 saturated heterocycles. The van der Waals surface area contributed by atoms with Crippen LogP contribution in [0.4, 0.5) is 5.69 Å². The zero-order valence-corrected chi connectivity index (χ0v) is 13.5. The summed E-state index contributed by atoms with van der Waals surface area (Å²) in [6.07, 6.45) is 1.05. The maximum Gasteiger partial charge on any atom is 0.241 e. The minimum atomic E-state index is -0.189. The molecular weight excluding hydrogens is 272 g/mol. The largest absolute Gasteiger partial charge is 0.325 e. The van der Waals surface area contributed by atoms with E-state index >= 15 is 0 Å². The molecule has 0 saturated carbocycles. The first kappa shape index (κ1) is 16.2. The van der Waals surface area contributed by atoms with Gasteiger partial charge in [0.1, 0.15) is 0 Å². The highest BCUT2D eigenvalue weighted by Crippen LogP contribution is 2.11. The lowest BCUT2D eigenvalue weighted by Crippen LogP contribution is -2.39. The number of hydrogen-bond acceptors (Lipinski definition) is 2. The highest BCUT2D eigenvalue weighted by Gasteiger charge is 2.18. The fourth-order valence-electron chi connectivity index (χ4n) is 2.27. The molecule has 116 valence electrons. The van der Waals surface area contributed by atoms with Crippen molar-refractivity contribution in [1.29, 1.82) is 0 Å². The Morgan fingerprint density at radius 3 is 2.23 bits per heavy atom. The Labute approximate surface area is 133 Å². The molecule has 0 heterocycles. The number of para-hydroxylation sites is 1.